The van der Waals surface area contributed by atoms with Crippen LogP contribution >= 0.6 is 11.3 Å². The Morgan fingerprint density at radius 3 is 2.80 bits per heavy atom. The lowest BCUT2D eigenvalue weighted by molar-refractivity contribution is -0.123. The fourth-order valence-corrected chi connectivity index (χ4v) is 6.24. The molecule has 2 aliphatic rings. The highest BCUT2D eigenvalue weighted by atomic mass is 32.2. The van der Waals surface area contributed by atoms with Gasteiger partial charge < -0.3 is 5.32 Å². The van der Waals surface area contributed by atoms with E-state index < -0.39 is 15.4 Å². The zero-order chi connectivity index (χ0) is 14.5. The first-order valence-electron chi connectivity index (χ1n) is 6.86. The van der Waals surface area contributed by atoms with Gasteiger partial charge in [0.15, 0.2) is 9.84 Å². The Hall–Kier alpha value is -0.880. The van der Waals surface area contributed by atoms with Crippen molar-refractivity contribution in [3.05, 3.63) is 21.9 Å². The molecule has 0 spiro atoms. The van der Waals surface area contributed by atoms with Crippen LogP contribution in [0.25, 0.3) is 0 Å². The van der Waals surface area contributed by atoms with Crippen molar-refractivity contribution in [3.63, 3.8) is 0 Å². The molecular formula is C14H19NO3S2. The number of amides is 1. The molecule has 0 radical (unpaired) electrons. The van der Waals surface area contributed by atoms with Crippen molar-refractivity contribution >= 4 is 27.1 Å². The highest BCUT2D eigenvalue weighted by Gasteiger charge is 2.48. The molecule has 1 saturated heterocycles. The van der Waals surface area contributed by atoms with Crippen molar-refractivity contribution in [1.29, 1.82) is 0 Å². The highest BCUT2D eigenvalue weighted by Crippen LogP contribution is 2.50. The van der Waals surface area contributed by atoms with Crippen molar-refractivity contribution in [2.24, 2.45) is 5.92 Å². The first-order valence-corrected chi connectivity index (χ1v) is 9.56. The molecule has 0 aromatic carbocycles. The fraction of sp³-hybridized carbons (Fsp3) is 0.643. The van der Waals surface area contributed by atoms with Gasteiger partial charge in [-0.25, -0.2) is 8.42 Å². The van der Waals surface area contributed by atoms with Gasteiger partial charge in [0, 0.05) is 16.7 Å². The molecule has 1 aromatic heterocycles. The van der Waals surface area contributed by atoms with E-state index in [2.05, 4.69) is 23.7 Å². The number of carbonyl (C=O) groups is 1. The summed E-state index contributed by atoms with van der Waals surface area (Å²) in [5.41, 5.74) is 0.679. The van der Waals surface area contributed by atoms with Gasteiger partial charge in [0.05, 0.1) is 17.0 Å². The Morgan fingerprint density at radius 2 is 2.25 bits per heavy atom. The van der Waals surface area contributed by atoms with Gasteiger partial charge in [0.25, 0.3) is 0 Å². The van der Waals surface area contributed by atoms with Crippen molar-refractivity contribution in [3.8, 4) is 0 Å². The van der Waals surface area contributed by atoms with Crippen molar-refractivity contribution in [2.75, 3.05) is 11.5 Å². The minimum atomic E-state index is -2.98. The molecule has 1 aliphatic heterocycles. The summed E-state index contributed by atoms with van der Waals surface area (Å²) in [6.45, 7) is 3.91. The maximum Gasteiger partial charge on any atom is 0.224 e. The summed E-state index contributed by atoms with van der Waals surface area (Å²) in [5, 5.41) is 5.03. The number of sulfone groups is 1. The third-order valence-electron chi connectivity index (χ3n) is 4.29. The monoisotopic (exact) mass is 313 g/mol. The first-order chi connectivity index (χ1) is 9.30. The lowest BCUT2D eigenvalue weighted by Crippen LogP contribution is -2.47. The molecule has 1 amide bonds. The van der Waals surface area contributed by atoms with Crippen LogP contribution in [0.5, 0.6) is 0 Å². The summed E-state index contributed by atoms with van der Waals surface area (Å²) in [5.74, 6) is 0.620. The van der Waals surface area contributed by atoms with E-state index >= 15 is 0 Å². The topological polar surface area (TPSA) is 63.2 Å². The van der Waals surface area contributed by atoms with Gasteiger partial charge in [-0.1, -0.05) is 0 Å². The van der Waals surface area contributed by atoms with Gasteiger partial charge in [0.1, 0.15) is 0 Å². The molecule has 3 rings (SSSR count). The molecule has 1 saturated carbocycles. The van der Waals surface area contributed by atoms with Gasteiger partial charge in [-0.3, -0.25) is 4.79 Å². The van der Waals surface area contributed by atoms with Crippen molar-refractivity contribution in [2.45, 2.75) is 38.1 Å². The van der Waals surface area contributed by atoms with Crippen LogP contribution in [-0.4, -0.2) is 31.4 Å². The van der Waals surface area contributed by atoms with Crippen LogP contribution in [-0.2, 0) is 14.6 Å². The first kappa shape index (κ1) is 14.1. The number of hydrogen-bond donors (Lipinski definition) is 1. The Bertz CT molecular complexity index is 649. The van der Waals surface area contributed by atoms with Crippen LogP contribution in [0, 0.1) is 12.8 Å². The average Bonchev–Trinajstić information content (AvgIpc) is 2.94. The summed E-state index contributed by atoms with van der Waals surface area (Å²) in [4.78, 5) is 13.6. The molecule has 0 bridgehead atoms. The number of hydrogen-bond acceptors (Lipinski definition) is 4. The third-order valence-corrected chi connectivity index (χ3v) is 7.35. The standard InChI is InChI=1S/C14H19NO3S2/c1-9-3-5-19-12(9)10-7-11(10)13(16)15-14(2)4-6-20(17,18)8-14/h3,5,10-11H,4,6-8H2,1-2H3,(H,15,16)/t10-,11+,14-/m1/s1. The predicted molar refractivity (Wildman–Crippen MR) is 79.7 cm³/mol. The number of thiophene rings is 1. The maximum absolute atomic E-state index is 12.3. The number of aryl methyl sites for hydroxylation is 1. The molecule has 4 nitrogen and oxygen atoms in total. The van der Waals surface area contributed by atoms with Gasteiger partial charge in [-0.15, -0.1) is 11.3 Å². The molecule has 3 atom stereocenters. The second-order valence-electron chi connectivity index (χ2n) is 6.31. The van der Waals surface area contributed by atoms with E-state index in [4.69, 9.17) is 0 Å². The molecule has 2 heterocycles. The van der Waals surface area contributed by atoms with E-state index in [1.165, 1.54) is 10.4 Å². The minimum absolute atomic E-state index is 0.0161. The summed E-state index contributed by atoms with van der Waals surface area (Å²) in [7, 11) is -2.98. The summed E-state index contributed by atoms with van der Waals surface area (Å²) in [6, 6.07) is 2.08. The Labute approximate surface area is 123 Å². The Balaban J connectivity index is 1.64. The smallest absolute Gasteiger partial charge is 0.224 e. The summed E-state index contributed by atoms with van der Waals surface area (Å²) in [6.07, 6.45) is 1.41. The molecule has 20 heavy (non-hydrogen) atoms. The Morgan fingerprint density at radius 1 is 1.50 bits per heavy atom. The second-order valence-corrected chi connectivity index (χ2v) is 9.44. The van der Waals surface area contributed by atoms with E-state index in [0.717, 1.165) is 6.42 Å². The van der Waals surface area contributed by atoms with Crippen molar-refractivity contribution < 1.29 is 13.2 Å². The normalized spacial score (nSPS) is 34.9. The lowest BCUT2D eigenvalue weighted by Gasteiger charge is -2.24. The fourth-order valence-electron chi connectivity index (χ4n) is 3.04. The summed E-state index contributed by atoms with van der Waals surface area (Å²) >= 11 is 1.71. The predicted octanol–water partition coefficient (Wildman–Crippen LogP) is 1.85. The zero-order valence-electron chi connectivity index (χ0n) is 11.7. The molecule has 1 aliphatic carbocycles. The largest absolute Gasteiger partial charge is 0.350 e. The highest BCUT2D eigenvalue weighted by molar-refractivity contribution is 7.91. The van der Waals surface area contributed by atoms with Crippen LogP contribution in [0.4, 0.5) is 0 Å². The molecule has 0 unspecified atom stereocenters. The van der Waals surface area contributed by atoms with Gasteiger partial charge in [-0.05, 0) is 43.7 Å². The van der Waals surface area contributed by atoms with Crippen LogP contribution < -0.4 is 5.32 Å². The number of rotatable bonds is 3. The zero-order valence-corrected chi connectivity index (χ0v) is 13.3. The number of nitrogens with one attached hydrogen (secondary N) is 1. The molecule has 6 heteroatoms. The lowest BCUT2D eigenvalue weighted by atomic mass is 10.0. The Kier molecular flexibility index (Phi) is 3.21. The average molecular weight is 313 g/mol. The van der Waals surface area contributed by atoms with Crippen LogP contribution in [0.1, 0.15) is 36.1 Å². The van der Waals surface area contributed by atoms with E-state index in [0.29, 0.717) is 12.3 Å². The second kappa shape index (κ2) is 4.56. The third kappa shape index (κ3) is 2.63. The van der Waals surface area contributed by atoms with Crippen molar-refractivity contribution in [1.82, 2.24) is 5.32 Å². The SMILES string of the molecule is Cc1ccsc1[C@@H]1C[C@@H]1C(=O)N[C@]1(C)CCS(=O)(=O)C1. The van der Waals surface area contributed by atoms with Gasteiger partial charge >= 0.3 is 0 Å². The molecule has 110 valence electrons. The van der Waals surface area contributed by atoms with Crippen LogP contribution in [0.2, 0.25) is 0 Å². The minimum Gasteiger partial charge on any atom is -0.350 e. The van der Waals surface area contributed by atoms with Gasteiger partial charge in [0.2, 0.25) is 5.91 Å². The number of carbonyl (C=O) groups excluding carboxylic acids is 1. The van der Waals surface area contributed by atoms with E-state index in [1.807, 2.05) is 6.92 Å². The molecule has 1 N–H and O–H groups in total. The maximum atomic E-state index is 12.3. The van der Waals surface area contributed by atoms with Crippen LogP contribution in [0.15, 0.2) is 11.4 Å². The molecular weight excluding hydrogens is 294 g/mol. The molecule has 1 aromatic rings. The van der Waals surface area contributed by atoms with E-state index in [-0.39, 0.29) is 23.3 Å². The van der Waals surface area contributed by atoms with Crippen LogP contribution in [0.3, 0.4) is 0 Å². The van der Waals surface area contributed by atoms with E-state index in [1.54, 1.807) is 11.3 Å². The summed E-state index contributed by atoms with van der Waals surface area (Å²) < 4.78 is 23.1. The molecule has 2 fully saturated rings. The van der Waals surface area contributed by atoms with Gasteiger partial charge in [-0.2, -0.15) is 0 Å². The van der Waals surface area contributed by atoms with E-state index in [9.17, 15) is 13.2 Å². The quantitative estimate of drug-likeness (QED) is 0.926.